The Bertz CT molecular complexity index is 682. The molecule has 2 aromatic rings. The minimum absolute atomic E-state index is 0.0722. The number of methoxy groups -OCH3 is 1. The average Bonchev–Trinajstić information content (AvgIpc) is 3.01. The minimum atomic E-state index is -0.243. The Kier molecular flexibility index (Phi) is 6.70. The highest BCUT2D eigenvalue weighted by molar-refractivity contribution is 5.92. The number of pyridine rings is 1. The highest BCUT2D eigenvalue weighted by atomic mass is 16.5. The van der Waals surface area contributed by atoms with Gasteiger partial charge < -0.3 is 9.64 Å². The molecule has 0 aliphatic rings. The lowest BCUT2D eigenvalue weighted by Gasteiger charge is -2.27. The summed E-state index contributed by atoms with van der Waals surface area (Å²) in [6, 6.07) is 7.35. The van der Waals surface area contributed by atoms with Crippen molar-refractivity contribution in [2.24, 2.45) is 5.92 Å². The third kappa shape index (κ3) is 4.66. The van der Waals surface area contributed by atoms with Gasteiger partial charge in [-0.25, -0.2) is 0 Å². The van der Waals surface area contributed by atoms with Crippen LogP contribution in [0.15, 0.2) is 30.5 Å². The predicted octanol–water partition coefficient (Wildman–Crippen LogP) is 2.96. The molecule has 2 aromatic heterocycles. The van der Waals surface area contributed by atoms with Crippen LogP contribution in [-0.4, -0.2) is 46.3 Å². The number of carbonyl (C=O) groups is 1. The van der Waals surface area contributed by atoms with E-state index in [9.17, 15) is 4.79 Å². The molecule has 0 aromatic carbocycles. The lowest BCUT2D eigenvalue weighted by Crippen LogP contribution is -2.35. The zero-order valence-electron chi connectivity index (χ0n) is 15.8. The molecule has 1 amide bonds. The zero-order chi connectivity index (χ0) is 18.4. The summed E-state index contributed by atoms with van der Waals surface area (Å²) in [6.07, 6.45) is 2.59. The van der Waals surface area contributed by atoms with E-state index in [2.05, 4.69) is 23.9 Å². The molecular formula is C19H28N4O2. The van der Waals surface area contributed by atoms with Crippen LogP contribution < -0.4 is 0 Å². The largest absolute Gasteiger partial charge is 0.382 e. The molecule has 2 heterocycles. The van der Waals surface area contributed by atoms with Crippen molar-refractivity contribution in [3.05, 3.63) is 47.5 Å². The van der Waals surface area contributed by atoms with Crippen LogP contribution in [-0.2, 0) is 17.7 Å². The van der Waals surface area contributed by atoms with Crippen LogP contribution in [0.1, 0.15) is 48.7 Å². The number of likely N-dealkylation sites (N-methyl/N-ethyl adjacent to an activating group) is 1. The van der Waals surface area contributed by atoms with Crippen LogP contribution in [0.2, 0.25) is 0 Å². The first kappa shape index (κ1) is 19.1. The van der Waals surface area contributed by atoms with E-state index < -0.39 is 0 Å². The van der Waals surface area contributed by atoms with E-state index >= 15 is 0 Å². The number of aromatic nitrogens is 3. The predicted molar refractivity (Wildman–Crippen MR) is 97.4 cm³/mol. The standard InChI is InChI=1S/C19H28N4O2/c1-6-23-17(12-15(21-23)11-14(2)3)19(24)22(4)18(13-25-5)16-9-7-8-10-20-16/h7-10,12,14,18H,6,11,13H2,1-5H3/t18-/m1/s1. The second-order valence-corrected chi connectivity index (χ2v) is 6.58. The highest BCUT2D eigenvalue weighted by Crippen LogP contribution is 2.21. The molecule has 0 radical (unpaired) electrons. The molecule has 0 saturated heterocycles. The van der Waals surface area contributed by atoms with Gasteiger partial charge in [0.15, 0.2) is 0 Å². The van der Waals surface area contributed by atoms with Crippen molar-refractivity contribution < 1.29 is 9.53 Å². The molecule has 0 saturated carbocycles. The lowest BCUT2D eigenvalue weighted by molar-refractivity contribution is 0.0583. The molecule has 0 unspecified atom stereocenters. The van der Waals surface area contributed by atoms with E-state index in [0.717, 1.165) is 17.8 Å². The van der Waals surface area contributed by atoms with Gasteiger partial charge in [0.25, 0.3) is 5.91 Å². The van der Waals surface area contributed by atoms with E-state index in [1.54, 1.807) is 29.9 Å². The first-order chi connectivity index (χ1) is 12.0. The first-order valence-corrected chi connectivity index (χ1v) is 8.71. The second-order valence-electron chi connectivity index (χ2n) is 6.58. The van der Waals surface area contributed by atoms with E-state index in [4.69, 9.17) is 4.74 Å². The van der Waals surface area contributed by atoms with Crippen LogP contribution in [0.25, 0.3) is 0 Å². The quantitative estimate of drug-likeness (QED) is 0.739. The third-order valence-corrected chi connectivity index (χ3v) is 4.11. The molecule has 6 heteroatoms. The van der Waals surface area contributed by atoms with Gasteiger partial charge in [-0.1, -0.05) is 19.9 Å². The van der Waals surface area contributed by atoms with E-state index in [0.29, 0.717) is 24.8 Å². The molecule has 0 spiro atoms. The number of hydrogen-bond donors (Lipinski definition) is 0. The van der Waals surface area contributed by atoms with Crippen molar-refractivity contribution in [3.63, 3.8) is 0 Å². The number of carbonyl (C=O) groups excluding carboxylic acids is 1. The van der Waals surface area contributed by atoms with Crippen LogP contribution in [0.4, 0.5) is 0 Å². The molecular weight excluding hydrogens is 316 g/mol. The number of aryl methyl sites for hydroxylation is 1. The Morgan fingerprint density at radius 3 is 2.68 bits per heavy atom. The van der Waals surface area contributed by atoms with E-state index in [1.807, 2.05) is 31.2 Å². The summed E-state index contributed by atoms with van der Waals surface area (Å²) in [5.41, 5.74) is 2.37. The third-order valence-electron chi connectivity index (χ3n) is 4.11. The van der Waals surface area contributed by atoms with Crippen LogP contribution in [0.5, 0.6) is 0 Å². The fourth-order valence-corrected chi connectivity index (χ4v) is 2.85. The minimum Gasteiger partial charge on any atom is -0.382 e. The van der Waals surface area contributed by atoms with Gasteiger partial charge in [-0.3, -0.25) is 14.5 Å². The van der Waals surface area contributed by atoms with Crippen LogP contribution >= 0.6 is 0 Å². The normalized spacial score (nSPS) is 12.4. The number of hydrogen-bond acceptors (Lipinski definition) is 4. The van der Waals surface area contributed by atoms with Gasteiger partial charge in [-0.2, -0.15) is 5.10 Å². The molecule has 1 atom stereocenters. The summed E-state index contributed by atoms with van der Waals surface area (Å²) in [5.74, 6) is 0.424. The van der Waals surface area contributed by atoms with Crippen molar-refractivity contribution in [1.82, 2.24) is 19.7 Å². The maximum atomic E-state index is 13.1. The highest BCUT2D eigenvalue weighted by Gasteiger charge is 2.26. The molecule has 6 nitrogen and oxygen atoms in total. The molecule has 2 rings (SSSR count). The number of ether oxygens (including phenoxy) is 1. The summed E-state index contributed by atoms with van der Waals surface area (Å²) < 4.78 is 7.10. The summed E-state index contributed by atoms with van der Waals surface area (Å²) in [5, 5.41) is 4.57. The zero-order valence-corrected chi connectivity index (χ0v) is 15.8. The molecule has 136 valence electrons. The van der Waals surface area contributed by atoms with Crippen LogP contribution in [0.3, 0.4) is 0 Å². The fourth-order valence-electron chi connectivity index (χ4n) is 2.85. The van der Waals surface area contributed by atoms with E-state index in [1.165, 1.54) is 0 Å². The van der Waals surface area contributed by atoms with E-state index in [-0.39, 0.29) is 11.9 Å². The second kappa shape index (κ2) is 8.76. The Hall–Kier alpha value is -2.21. The monoisotopic (exact) mass is 344 g/mol. The first-order valence-electron chi connectivity index (χ1n) is 8.71. The SMILES string of the molecule is CCn1nc(CC(C)C)cc1C(=O)N(C)[C@H](COC)c1ccccn1. The van der Waals surface area contributed by atoms with Crippen molar-refractivity contribution in [2.45, 2.75) is 39.8 Å². The number of nitrogens with zero attached hydrogens (tertiary/aromatic N) is 4. The van der Waals surface area contributed by atoms with Gasteiger partial charge in [-0.15, -0.1) is 0 Å². The molecule has 0 N–H and O–H groups in total. The molecule has 0 aliphatic carbocycles. The number of amides is 1. The van der Waals surface area contributed by atoms with Gasteiger partial charge in [0, 0.05) is 26.9 Å². The van der Waals surface area contributed by atoms with Gasteiger partial charge >= 0.3 is 0 Å². The Morgan fingerprint density at radius 1 is 1.36 bits per heavy atom. The van der Waals surface area contributed by atoms with Crippen molar-refractivity contribution in [1.29, 1.82) is 0 Å². The van der Waals surface area contributed by atoms with Crippen molar-refractivity contribution in [3.8, 4) is 0 Å². The maximum absolute atomic E-state index is 13.1. The average molecular weight is 344 g/mol. The summed E-state index contributed by atoms with van der Waals surface area (Å²) in [7, 11) is 3.42. The Labute approximate surface area is 149 Å². The van der Waals surface area contributed by atoms with Gasteiger partial charge in [0.05, 0.1) is 24.0 Å². The molecule has 0 fully saturated rings. The van der Waals surface area contributed by atoms with Gasteiger partial charge in [0.1, 0.15) is 5.69 Å². The van der Waals surface area contributed by atoms with Crippen molar-refractivity contribution in [2.75, 3.05) is 20.8 Å². The van der Waals surface area contributed by atoms with Crippen molar-refractivity contribution >= 4 is 5.91 Å². The topological polar surface area (TPSA) is 60.2 Å². The Morgan fingerprint density at radius 2 is 2.12 bits per heavy atom. The Balaban J connectivity index is 2.29. The lowest BCUT2D eigenvalue weighted by atomic mass is 10.1. The summed E-state index contributed by atoms with van der Waals surface area (Å²) in [4.78, 5) is 19.2. The smallest absolute Gasteiger partial charge is 0.272 e. The van der Waals surface area contributed by atoms with Gasteiger partial charge in [-0.05, 0) is 37.5 Å². The molecule has 25 heavy (non-hydrogen) atoms. The van der Waals surface area contributed by atoms with Crippen LogP contribution in [0, 0.1) is 5.92 Å². The molecule has 0 bridgehead atoms. The summed E-state index contributed by atoms with van der Waals surface area (Å²) >= 11 is 0. The summed E-state index contributed by atoms with van der Waals surface area (Å²) in [6.45, 7) is 7.33. The van der Waals surface area contributed by atoms with Gasteiger partial charge in [0.2, 0.25) is 0 Å². The number of rotatable bonds is 8. The molecule has 0 aliphatic heterocycles. The maximum Gasteiger partial charge on any atom is 0.272 e. The fraction of sp³-hybridized carbons (Fsp3) is 0.526.